The van der Waals surface area contributed by atoms with E-state index in [-0.39, 0.29) is 51.4 Å². The van der Waals surface area contributed by atoms with Crippen molar-refractivity contribution >= 4 is 79.9 Å². The second-order valence-corrected chi connectivity index (χ2v) is 3.79. The zero-order valence-corrected chi connectivity index (χ0v) is 7.21. The van der Waals surface area contributed by atoms with Crippen LogP contribution in [0.4, 0.5) is 0 Å². The topological polar surface area (TPSA) is 38.5 Å². The van der Waals surface area contributed by atoms with Crippen molar-refractivity contribution in [3.05, 3.63) is 0 Å². The fourth-order valence-electron chi connectivity index (χ4n) is 0.765. The molecule has 1 aliphatic heterocycles. The van der Waals surface area contributed by atoms with E-state index >= 15 is 0 Å². The molecule has 1 fully saturated rings. The van der Waals surface area contributed by atoms with Crippen molar-refractivity contribution in [2.24, 2.45) is 5.73 Å². The first-order valence-electron chi connectivity index (χ1n) is 3.09. The molecule has 2 N–H and O–H groups in total. The normalized spacial score (nSPS) is 18.9. The molecule has 0 saturated carbocycles. The van der Waals surface area contributed by atoms with Crippen molar-refractivity contribution < 1.29 is 4.74 Å². The van der Waals surface area contributed by atoms with Gasteiger partial charge in [0.15, 0.2) is 0 Å². The molecule has 0 amide bonds. The van der Waals surface area contributed by atoms with Crippen molar-refractivity contribution in [2.75, 3.05) is 26.3 Å². The molecule has 0 unspecified atom stereocenters. The summed E-state index contributed by atoms with van der Waals surface area (Å²) in [5.41, 5.74) is 5.34. The molecule has 6 heteroatoms. The Balaban J connectivity index is 0.000001000. The number of thiocarbonyl (C=S) groups is 1. The first-order chi connectivity index (χ1) is 4.79. The van der Waals surface area contributed by atoms with Crippen molar-refractivity contribution in [2.45, 2.75) is 0 Å². The molecule has 0 atom stereocenters. The van der Waals surface area contributed by atoms with Crippen LogP contribution in [-0.2, 0) is 4.74 Å². The number of ether oxygens (including phenoxy) is 1. The van der Waals surface area contributed by atoms with E-state index in [1.165, 1.54) is 11.9 Å². The molecule has 3 nitrogen and oxygen atoms in total. The summed E-state index contributed by atoms with van der Waals surface area (Å²) >= 11 is 6.17. The van der Waals surface area contributed by atoms with Gasteiger partial charge in [-0.05, 0) is 11.9 Å². The van der Waals surface area contributed by atoms with E-state index in [4.69, 9.17) is 22.7 Å². The number of hydrogen-bond acceptors (Lipinski definition) is 4. The van der Waals surface area contributed by atoms with E-state index in [1.54, 1.807) is 0 Å². The van der Waals surface area contributed by atoms with Gasteiger partial charge in [0.2, 0.25) is 0 Å². The van der Waals surface area contributed by atoms with Gasteiger partial charge in [-0.25, -0.2) is 4.31 Å². The van der Waals surface area contributed by atoms with Crippen molar-refractivity contribution in [3.63, 3.8) is 0 Å². The predicted molar refractivity (Wildman–Crippen MR) is 53.9 cm³/mol. The number of hydrogen-bond donors (Lipinski definition) is 1. The summed E-state index contributed by atoms with van der Waals surface area (Å²) in [5, 5.41) is 0. The number of morpholine rings is 1. The summed E-state index contributed by atoms with van der Waals surface area (Å²) in [4.78, 5) is 0. The van der Waals surface area contributed by atoms with Crippen LogP contribution in [0.1, 0.15) is 0 Å². The molecular weight excluding hydrogens is 207 g/mol. The van der Waals surface area contributed by atoms with Gasteiger partial charge in [0, 0.05) is 13.1 Å². The molecule has 1 aliphatic rings. The zero-order chi connectivity index (χ0) is 7.40. The van der Waals surface area contributed by atoms with Crippen LogP contribution in [0.15, 0.2) is 0 Å². The maximum atomic E-state index is 5.34. The summed E-state index contributed by atoms with van der Waals surface area (Å²) in [7, 11) is 0. The monoisotopic (exact) mass is 218 g/mol. The first kappa shape index (κ1) is 12.8. The third-order valence-corrected chi connectivity index (χ3v) is 2.22. The van der Waals surface area contributed by atoms with Crippen LogP contribution < -0.4 is 5.73 Å². The molecule has 0 aromatic rings. The summed E-state index contributed by atoms with van der Waals surface area (Å²) in [6.45, 7) is 3.41. The van der Waals surface area contributed by atoms with E-state index in [1.807, 2.05) is 0 Å². The standard InChI is InChI=1S/C5H10N2OS2.K.H/c6-5(9)10-7-1-3-8-4-2-7;;/h1-4H2,(H2,6,9);;. The molecular formula is C5H11KN2OS2. The van der Waals surface area contributed by atoms with Crippen LogP contribution in [0, 0.1) is 0 Å². The van der Waals surface area contributed by atoms with Crippen LogP contribution in [-0.4, -0.2) is 86.3 Å². The summed E-state index contributed by atoms with van der Waals surface area (Å²) in [6, 6.07) is 0. The molecule has 60 valence electrons. The predicted octanol–water partition coefficient (Wildman–Crippen LogP) is -0.438. The Hall–Kier alpha value is 1.80. The SMILES string of the molecule is NC(=S)SN1CCOCC1.[KH]. The number of nitrogens with zero attached hydrogens (tertiary/aromatic N) is 1. The summed E-state index contributed by atoms with van der Waals surface area (Å²) in [5.74, 6) is 0. The van der Waals surface area contributed by atoms with E-state index < -0.39 is 0 Å². The maximum absolute atomic E-state index is 5.34. The van der Waals surface area contributed by atoms with Gasteiger partial charge in [-0.3, -0.25) is 0 Å². The Bertz CT molecular complexity index is 130. The Kier molecular flexibility index (Phi) is 8.40. The summed E-state index contributed by atoms with van der Waals surface area (Å²) < 4.78 is 7.75. The van der Waals surface area contributed by atoms with Gasteiger partial charge in [0.1, 0.15) is 4.32 Å². The molecule has 1 heterocycles. The third-order valence-electron chi connectivity index (χ3n) is 1.19. The molecule has 0 radical (unpaired) electrons. The fraction of sp³-hybridized carbons (Fsp3) is 0.800. The van der Waals surface area contributed by atoms with Crippen LogP contribution in [0.25, 0.3) is 0 Å². The third kappa shape index (κ3) is 5.95. The van der Waals surface area contributed by atoms with Gasteiger partial charge < -0.3 is 10.5 Å². The van der Waals surface area contributed by atoms with Gasteiger partial charge in [-0.2, -0.15) is 0 Å². The van der Waals surface area contributed by atoms with Gasteiger partial charge >= 0.3 is 51.4 Å². The zero-order valence-electron chi connectivity index (χ0n) is 5.58. The van der Waals surface area contributed by atoms with Crippen molar-refractivity contribution in [1.29, 1.82) is 0 Å². The van der Waals surface area contributed by atoms with E-state index in [9.17, 15) is 0 Å². The van der Waals surface area contributed by atoms with Crippen LogP contribution in [0.3, 0.4) is 0 Å². The molecule has 1 saturated heterocycles. The molecule has 0 aliphatic carbocycles. The van der Waals surface area contributed by atoms with Crippen molar-refractivity contribution in [3.8, 4) is 0 Å². The van der Waals surface area contributed by atoms with Crippen molar-refractivity contribution in [1.82, 2.24) is 4.31 Å². The van der Waals surface area contributed by atoms with Crippen LogP contribution in [0.5, 0.6) is 0 Å². The van der Waals surface area contributed by atoms with Gasteiger partial charge in [0.25, 0.3) is 0 Å². The molecule has 0 spiro atoms. The second kappa shape index (κ2) is 7.22. The quantitative estimate of drug-likeness (QED) is 0.367. The Labute approximate surface area is 119 Å². The van der Waals surface area contributed by atoms with E-state index in [2.05, 4.69) is 4.31 Å². The molecule has 1 rings (SSSR count). The number of nitrogens with two attached hydrogens (primary N) is 1. The average molecular weight is 218 g/mol. The minimum atomic E-state index is 0. The van der Waals surface area contributed by atoms with Crippen LogP contribution in [0.2, 0.25) is 0 Å². The Morgan fingerprint density at radius 3 is 2.45 bits per heavy atom. The van der Waals surface area contributed by atoms with Gasteiger partial charge in [-0.1, -0.05) is 12.2 Å². The fourth-order valence-corrected chi connectivity index (χ4v) is 1.67. The minimum absolute atomic E-state index is 0. The Morgan fingerprint density at radius 2 is 2.00 bits per heavy atom. The number of rotatable bonds is 1. The molecule has 0 aromatic carbocycles. The molecule has 0 bridgehead atoms. The second-order valence-electron chi connectivity index (χ2n) is 1.95. The van der Waals surface area contributed by atoms with E-state index in [0.717, 1.165) is 26.3 Å². The first-order valence-corrected chi connectivity index (χ1v) is 4.27. The van der Waals surface area contributed by atoms with E-state index in [0.29, 0.717) is 4.32 Å². The van der Waals surface area contributed by atoms with Crippen LogP contribution >= 0.6 is 24.2 Å². The van der Waals surface area contributed by atoms with Gasteiger partial charge in [-0.15, -0.1) is 0 Å². The summed E-state index contributed by atoms with van der Waals surface area (Å²) in [6.07, 6.45) is 0. The van der Waals surface area contributed by atoms with Gasteiger partial charge in [0.05, 0.1) is 13.2 Å². The Morgan fingerprint density at radius 1 is 1.45 bits per heavy atom. The molecule has 0 aromatic heterocycles. The molecule has 11 heavy (non-hydrogen) atoms. The average Bonchev–Trinajstić information content (AvgIpc) is 1.88.